The van der Waals surface area contributed by atoms with Crippen LogP contribution in [-0.2, 0) is 38.7 Å². The third-order valence-electron chi connectivity index (χ3n) is 9.02. The number of nitrogens with one attached hydrogen (secondary N) is 1. The van der Waals surface area contributed by atoms with Crippen LogP contribution in [0.1, 0.15) is 39.9 Å². The fraction of sp³-hybridized carbons (Fsp3) is 0.303. The molecule has 42 heavy (non-hydrogen) atoms. The maximum absolute atomic E-state index is 13.8. The number of amides is 1. The second-order valence-corrected chi connectivity index (χ2v) is 11.5. The van der Waals surface area contributed by atoms with E-state index in [4.69, 9.17) is 5.73 Å². The molecule has 0 radical (unpaired) electrons. The van der Waals surface area contributed by atoms with Crippen LogP contribution in [0.2, 0.25) is 0 Å². The van der Waals surface area contributed by atoms with E-state index >= 15 is 0 Å². The molecule has 1 amide bonds. The van der Waals surface area contributed by atoms with Crippen LogP contribution in [0.4, 0.5) is 0 Å². The van der Waals surface area contributed by atoms with Gasteiger partial charge in [-0.05, 0) is 58.7 Å². The SMILES string of the molecule is NC(=O)C1C(=O)C[C@@H]2C[C@@H]3Cc4c(-c5cccc(CNCc6ccccc6)c5)ccc(O)c4C(=O)C3C(=O)[C@]2(O)C1=O. The summed E-state index contributed by atoms with van der Waals surface area (Å²) in [5.74, 6) is -10.2. The van der Waals surface area contributed by atoms with Gasteiger partial charge in [-0.25, -0.2) is 0 Å². The first-order chi connectivity index (χ1) is 20.1. The summed E-state index contributed by atoms with van der Waals surface area (Å²) in [6.45, 7) is 1.31. The number of aliphatic hydroxyl groups is 1. The van der Waals surface area contributed by atoms with Crippen LogP contribution in [-0.4, -0.2) is 44.9 Å². The number of fused-ring (bicyclic) bond motifs is 3. The molecule has 0 heterocycles. The van der Waals surface area contributed by atoms with Crippen molar-refractivity contribution in [3.05, 3.63) is 89.0 Å². The van der Waals surface area contributed by atoms with Crippen molar-refractivity contribution < 1.29 is 34.2 Å². The fourth-order valence-corrected chi connectivity index (χ4v) is 7.03. The van der Waals surface area contributed by atoms with E-state index in [9.17, 15) is 34.2 Å². The van der Waals surface area contributed by atoms with Gasteiger partial charge in [0, 0.05) is 25.4 Å². The van der Waals surface area contributed by atoms with Gasteiger partial charge in [0.15, 0.2) is 34.7 Å². The van der Waals surface area contributed by atoms with Gasteiger partial charge in [0.25, 0.3) is 0 Å². The summed E-state index contributed by atoms with van der Waals surface area (Å²) in [5, 5.41) is 25.6. The molecule has 214 valence electrons. The zero-order valence-corrected chi connectivity index (χ0v) is 22.7. The first-order valence-corrected chi connectivity index (χ1v) is 14.0. The lowest BCUT2D eigenvalue weighted by Gasteiger charge is -2.48. The summed E-state index contributed by atoms with van der Waals surface area (Å²) in [7, 11) is 0. The number of primary amides is 1. The van der Waals surface area contributed by atoms with Crippen molar-refractivity contribution in [1.29, 1.82) is 0 Å². The van der Waals surface area contributed by atoms with Crippen LogP contribution in [0.15, 0.2) is 66.7 Å². The number of phenols is 1. The van der Waals surface area contributed by atoms with E-state index in [1.54, 1.807) is 6.07 Å². The van der Waals surface area contributed by atoms with Gasteiger partial charge >= 0.3 is 0 Å². The Morgan fingerprint density at radius 2 is 1.62 bits per heavy atom. The first kappa shape index (κ1) is 27.7. The number of phenolic OH excluding ortho intramolecular Hbond substituents is 1. The molecule has 3 aliphatic rings. The Hall–Kier alpha value is -4.47. The second kappa shape index (κ2) is 10.4. The van der Waals surface area contributed by atoms with E-state index in [0.29, 0.717) is 18.7 Å². The molecule has 9 nitrogen and oxygen atoms in total. The quantitative estimate of drug-likeness (QED) is 0.330. The summed E-state index contributed by atoms with van der Waals surface area (Å²) >= 11 is 0. The van der Waals surface area contributed by atoms with E-state index in [-0.39, 0.29) is 30.6 Å². The Balaban J connectivity index is 1.32. The van der Waals surface area contributed by atoms with Crippen LogP contribution in [0.25, 0.3) is 11.1 Å². The standard InChI is InChI=1S/C33H30N2O7/c34-32(41)28-25(37)14-21-12-20-13-23-22(19-8-4-7-18(11-19)16-35-15-17-5-2-1-3-6-17)9-10-24(36)27(23)29(38)26(20)30(39)33(21,42)31(28)40/h1-11,20-21,26,28,35-36,42H,12-16H2,(H2,34,41)/t20-,21+,26?,28?,33+/m1/s1. The zero-order valence-electron chi connectivity index (χ0n) is 22.7. The van der Waals surface area contributed by atoms with Crippen LogP contribution in [0.3, 0.4) is 0 Å². The molecule has 0 spiro atoms. The minimum Gasteiger partial charge on any atom is -0.507 e. The molecule has 2 fully saturated rings. The number of hydrogen-bond acceptors (Lipinski definition) is 8. The number of Topliss-reactive ketones (excluding diaryl/α,β-unsaturated/α-hetero) is 4. The lowest BCUT2D eigenvalue weighted by molar-refractivity contribution is -0.175. The van der Waals surface area contributed by atoms with Gasteiger partial charge in [0.1, 0.15) is 5.75 Å². The van der Waals surface area contributed by atoms with E-state index in [1.165, 1.54) is 6.07 Å². The molecule has 0 aromatic heterocycles. The second-order valence-electron chi connectivity index (χ2n) is 11.5. The Bertz CT molecular complexity index is 1650. The molecule has 3 aromatic rings. The minimum atomic E-state index is -2.66. The van der Waals surface area contributed by atoms with Crippen molar-refractivity contribution in [2.75, 3.05) is 0 Å². The number of ketones is 4. The molecular weight excluding hydrogens is 536 g/mol. The normalized spacial score (nSPS) is 26.8. The number of nitrogens with two attached hydrogens (primary N) is 1. The van der Waals surface area contributed by atoms with Crippen molar-refractivity contribution >= 4 is 29.0 Å². The zero-order chi connectivity index (χ0) is 29.8. The molecule has 0 bridgehead atoms. The highest BCUT2D eigenvalue weighted by Gasteiger charge is 2.66. The van der Waals surface area contributed by atoms with Gasteiger partial charge in [0.05, 0.1) is 11.5 Å². The van der Waals surface area contributed by atoms with Crippen LogP contribution in [0.5, 0.6) is 5.75 Å². The average molecular weight is 567 g/mol. The molecule has 2 unspecified atom stereocenters. The molecule has 3 aromatic carbocycles. The predicted octanol–water partition coefficient (Wildman–Crippen LogP) is 2.28. The fourth-order valence-electron chi connectivity index (χ4n) is 7.03. The minimum absolute atomic E-state index is 0.0115. The number of aromatic hydroxyl groups is 1. The van der Waals surface area contributed by atoms with Gasteiger partial charge < -0.3 is 21.3 Å². The Labute approximate surface area is 241 Å². The number of benzene rings is 3. The van der Waals surface area contributed by atoms with Crippen molar-refractivity contribution in [3.8, 4) is 16.9 Å². The predicted molar refractivity (Wildman–Crippen MR) is 151 cm³/mol. The number of carbonyl (C=O) groups excluding carboxylic acids is 5. The summed E-state index contributed by atoms with van der Waals surface area (Å²) in [4.78, 5) is 65.1. The van der Waals surface area contributed by atoms with Crippen LogP contribution < -0.4 is 11.1 Å². The maximum Gasteiger partial charge on any atom is 0.235 e. The lowest BCUT2D eigenvalue weighted by Crippen LogP contribution is -2.68. The van der Waals surface area contributed by atoms with Crippen molar-refractivity contribution in [2.45, 2.75) is 38.0 Å². The van der Waals surface area contributed by atoms with E-state index < -0.39 is 58.3 Å². The van der Waals surface area contributed by atoms with Gasteiger partial charge in [0.2, 0.25) is 5.91 Å². The van der Waals surface area contributed by atoms with Gasteiger partial charge in [-0.2, -0.15) is 0 Å². The largest absolute Gasteiger partial charge is 0.507 e. The van der Waals surface area contributed by atoms with Gasteiger partial charge in [-0.15, -0.1) is 0 Å². The lowest BCUT2D eigenvalue weighted by atomic mass is 9.53. The van der Waals surface area contributed by atoms with Gasteiger partial charge in [-0.3, -0.25) is 24.0 Å². The molecule has 2 saturated carbocycles. The monoisotopic (exact) mass is 566 g/mol. The number of carbonyl (C=O) groups is 5. The highest BCUT2D eigenvalue weighted by atomic mass is 16.3. The molecule has 6 rings (SSSR count). The molecule has 0 saturated heterocycles. The Morgan fingerprint density at radius 1 is 0.905 bits per heavy atom. The van der Waals surface area contributed by atoms with E-state index in [0.717, 1.165) is 22.3 Å². The van der Waals surface area contributed by atoms with Crippen molar-refractivity contribution in [3.63, 3.8) is 0 Å². The first-order valence-electron chi connectivity index (χ1n) is 14.0. The smallest absolute Gasteiger partial charge is 0.235 e. The van der Waals surface area contributed by atoms with Crippen molar-refractivity contribution in [1.82, 2.24) is 5.32 Å². The molecule has 3 aliphatic carbocycles. The summed E-state index contributed by atoms with van der Waals surface area (Å²) in [6, 6.07) is 21.0. The van der Waals surface area contributed by atoms with Crippen molar-refractivity contribution in [2.24, 2.45) is 29.4 Å². The number of hydrogen-bond donors (Lipinski definition) is 4. The molecular formula is C33H30N2O7. The molecule has 5 N–H and O–H groups in total. The molecule has 5 atom stereocenters. The Kier molecular flexibility index (Phi) is 6.87. The summed E-state index contributed by atoms with van der Waals surface area (Å²) in [5.41, 5.74) is 6.91. The third kappa shape index (κ3) is 4.36. The molecule has 0 aliphatic heterocycles. The topological polar surface area (TPSA) is 164 Å². The number of rotatable bonds is 6. The van der Waals surface area contributed by atoms with E-state index in [2.05, 4.69) is 5.32 Å². The third-order valence-corrected chi connectivity index (χ3v) is 9.02. The van der Waals surface area contributed by atoms with Crippen LogP contribution >= 0.6 is 0 Å². The average Bonchev–Trinajstić information content (AvgIpc) is 2.95. The van der Waals surface area contributed by atoms with E-state index in [1.807, 2.05) is 54.6 Å². The summed E-state index contributed by atoms with van der Waals surface area (Å²) in [6.07, 6.45) is -0.0811. The summed E-state index contributed by atoms with van der Waals surface area (Å²) < 4.78 is 0. The Morgan fingerprint density at radius 3 is 2.36 bits per heavy atom. The highest BCUT2D eigenvalue weighted by Crippen LogP contribution is 2.51. The molecule has 9 heteroatoms. The van der Waals surface area contributed by atoms with Gasteiger partial charge in [-0.1, -0.05) is 54.6 Å². The maximum atomic E-state index is 13.8. The van der Waals surface area contributed by atoms with Crippen LogP contribution in [0, 0.1) is 23.7 Å². The highest BCUT2D eigenvalue weighted by molar-refractivity contribution is 6.31.